The topological polar surface area (TPSA) is 29.3 Å². The second-order valence-electron chi connectivity index (χ2n) is 6.02. The summed E-state index contributed by atoms with van der Waals surface area (Å²) in [5.74, 6) is 0. The Kier molecular flexibility index (Phi) is 6.38. The minimum Gasteiger partial charge on any atom is -0.367 e. The zero-order chi connectivity index (χ0) is 14.2. The second kappa shape index (κ2) is 8.31. The van der Waals surface area contributed by atoms with Crippen LogP contribution in [0, 0.1) is 0 Å². The average Bonchev–Trinajstić information content (AvgIpc) is 2.70. The van der Waals surface area contributed by atoms with Gasteiger partial charge in [0.05, 0.1) is 0 Å². The van der Waals surface area contributed by atoms with Crippen molar-refractivity contribution >= 4 is 5.69 Å². The van der Waals surface area contributed by atoms with Gasteiger partial charge in [0.25, 0.3) is 0 Å². The van der Waals surface area contributed by atoms with Crippen molar-refractivity contribution in [2.75, 3.05) is 18.0 Å². The molecule has 0 amide bonds. The van der Waals surface area contributed by atoms with Crippen molar-refractivity contribution in [3.8, 4) is 0 Å². The molecule has 0 spiro atoms. The molecule has 2 rings (SSSR count). The predicted octanol–water partition coefficient (Wildman–Crippen LogP) is 4.13. The van der Waals surface area contributed by atoms with Gasteiger partial charge < -0.3 is 10.6 Å². The van der Waals surface area contributed by atoms with Gasteiger partial charge in [0.1, 0.15) is 0 Å². The molecule has 0 aliphatic carbocycles. The number of fused-ring (bicyclic) bond motifs is 1. The van der Waals surface area contributed by atoms with Gasteiger partial charge in [0.2, 0.25) is 0 Å². The Balaban J connectivity index is 2.04. The number of unbranched alkanes of at least 4 members (excludes halogenated alkanes) is 3. The number of para-hydroxylation sites is 1. The molecule has 2 nitrogen and oxygen atoms in total. The van der Waals surface area contributed by atoms with Gasteiger partial charge in [-0.05, 0) is 37.3 Å². The Morgan fingerprint density at radius 3 is 2.80 bits per heavy atom. The van der Waals surface area contributed by atoms with E-state index in [9.17, 15) is 0 Å². The summed E-state index contributed by atoms with van der Waals surface area (Å²) in [4.78, 5) is 2.59. The molecular weight excluding hydrogens is 244 g/mol. The molecule has 1 aliphatic rings. The van der Waals surface area contributed by atoms with Crippen LogP contribution in [0.15, 0.2) is 24.3 Å². The van der Waals surface area contributed by atoms with Gasteiger partial charge in [-0.3, -0.25) is 0 Å². The molecule has 0 fully saturated rings. The van der Waals surface area contributed by atoms with E-state index in [1.807, 2.05) is 0 Å². The first-order chi connectivity index (χ1) is 9.86. The van der Waals surface area contributed by atoms with Crippen molar-refractivity contribution in [1.29, 1.82) is 0 Å². The zero-order valence-corrected chi connectivity index (χ0v) is 13.0. The van der Waals surface area contributed by atoms with Crippen molar-refractivity contribution in [2.45, 2.75) is 64.3 Å². The number of hydrogen-bond acceptors (Lipinski definition) is 2. The van der Waals surface area contributed by atoms with E-state index in [0.717, 1.165) is 6.54 Å². The van der Waals surface area contributed by atoms with E-state index in [2.05, 4.69) is 36.1 Å². The number of rotatable bonds is 7. The fraction of sp³-hybridized carbons (Fsp3) is 0.667. The number of nitrogens with zero attached hydrogens (tertiary/aromatic N) is 1. The fourth-order valence-corrected chi connectivity index (χ4v) is 3.31. The molecule has 2 N–H and O–H groups in total. The molecule has 1 atom stereocenters. The van der Waals surface area contributed by atoms with E-state index < -0.39 is 0 Å². The van der Waals surface area contributed by atoms with Crippen molar-refractivity contribution < 1.29 is 0 Å². The monoisotopic (exact) mass is 274 g/mol. The summed E-state index contributed by atoms with van der Waals surface area (Å²) in [6.45, 7) is 4.22. The smallest absolute Gasteiger partial charge is 0.0412 e. The van der Waals surface area contributed by atoms with Crippen molar-refractivity contribution in [3.63, 3.8) is 0 Å². The highest BCUT2D eigenvalue weighted by molar-refractivity contribution is 5.55. The first-order valence-electron chi connectivity index (χ1n) is 8.41. The molecule has 0 saturated heterocycles. The molecule has 1 aromatic carbocycles. The zero-order valence-electron chi connectivity index (χ0n) is 13.0. The molecule has 0 bridgehead atoms. The van der Waals surface area contributed by atoms with E-state index in [4.69, 9.17) is 5.73 Å². The summed E-state index contributed by atoms with van der Waals surface area (Å²) < 4.78 is 0. The fourth-order valence-electron chi connectivity index (χ4n) is 3.31. The first kappa shape index (κ1) is 15.4. The van der Waals surface area contributed by atoms with Gasteiger partial charge in [0.15, 0.2) is 0 Å². The maximum atomic E-state index is 6.08. The van der Waals surface area contributed by atoms with Crippen molar-refractivity contribution in [1.82, 2.24) is 0 Å². The molecular formula is C18H30N2. The molecule has 2 heteroatoms. The third kappa shape index (κ3) is 3.99. The summed E-state index contributed by atoms with van der Waals surface area (Å²) in [7, 11) is 0. The molecule has 0 aromatic heterocycles. The Morgan fingerprint density at radius 2 is 2.00 bits per heavy atom. The van der Waals surface area contributed by atoms with Crippen LogP contribution in [0.1, 0.15) is 57.4 Å². The van der Waals surface area contributed by atoms with Gasteiger partial charge in [-0.2, -0.15) is 0 Å². The lowest BCUT2D eigenvalue weighted by molar-refractivity contribution is 0.511. The van der Waals surface area contributed by atoms with Crippen LogP contribution in [-0.2, 0) is 6.42 Å². The van der Waals surface area contributed by atoms with Crippen LogP contribution in [0.3, 0.4) is 0 Å². The lowest BCUT2D eigenvalue weighted by atomic mass is 10.0. The first-order valence-corrected chi connectivity index (χ1v) is 8.41. The summed E-state index contributed by atoms with van der Waals surface area (Å²) in [5.41, 5.74) is 9.04. The minimum atomic E-state index is 0.520. The summed E-state index contributed by atoms with van der Waals surface area (Å²) in [5, 5.41) is 0. The standard InChI is InChI=1S/C18H30N2/c1-2-3-4-5-12-17(15-19)20-14-9-8-11-16-10-6-7-13-18(16)20/h6-7,10,13,17H,2-5,8-9,11-12,14-15,19H2,1H3. The SMILES string of the molecule is CCCCCCC(CN)N1CCCCc2ccccc21. The summed E-state index contributed by atoms with van der Waals surface area (Å²) in [6.07, 6.45) is 10.4. The second-order valence-corrected chi connectivity index (χ2v) is 6.02. The molecule has 1 aliphatic heterocycles. The lowest BCUT2D eigenvalue weighted by Gasteiger charge is -2.33. The largest absolute Gasteiger partial charge is 0.367 e. The van der Waals surface area contributed by atoms with Gasteiger partial charge >= 0.3 is 0 Å². The number of aryl methyl sites for hydroxylation is 1. The maximum absolute atomic E-state index is 6.08. The van der Waals surface area contributed by atoms with Crippen LogP contribution in [0.4, 0.5) is 5.69 Å². The number of hydrogen-bond donors (Lipinski definition) is 1. The highest BCUT2D eigenvalue weighted by atomic mass is 15.2. The lowest BCUT2D eigenvalue weighted by Crippen LogP contribution is -2.41. The molecule has 0 radical (unpaired) electrons. The van der Waals surface area contributed by atoms with Crippen LogP contribution in [0.5, 0.6) is 0 Å². The number of benzene rings is 1. The number of anilines is 1. The van der Waals surface area contributed by atoms with E-state index in [0.29, 0.717) is 6.04 Å². The van der Waals surface area contributed by atoms with Gasteiger partial charge in [-0.25, -0.2) is 0 Å². The van der Waals surface area contributed by atoms with Gasteiger partial charge in [0, 0.05) is 24.8 Å². The molecule has 0 saturated carbocycles. The van der Waals surface area contributed by atoms with E-state index >= 15 is 0 Å². The van der Waals surface area contributed by atoms with E-state index in [1.54, 1.807) is 0 Å². The van der Waals surface area contributed by atoms with Crippen LogP contribution >= 0.6 is 0 Å². The molecule has 112 valence electrons. The Morgan fingerprint density at radius 1 is 1.15 bits per heavy atom. The van der Waals surface area contributed by atoms with Crippen LogP contribution in [0.2, 0.25) is 0 Å². The van der Waals surface area contributed by atoms with Crippen LogP contribution in [-0.4, -0.2) is 19.1 Å². The van der Waals surface area contributed by atoms with Crippen LogP contribution < -0.4 is 10.6 Å². The van der Waals surface area contributed by atoms with Crippen LogP contribution in [0.25, 0.3) is 0 Å². The minimum absolute atomic E-state index is 0.520. The van der Waals surface area contributed by atoms with E-state index in [1.165, 1.54) is 69.2 Å². The number of nitrogens with two attached hydrogens (primary N) is 1. The highest BCUT2D eigenvalue weighted by Gasteiger charge is 2.21. The van der Waals surface area contributed by atoms with Crippen molar-refractivity contribution in [2.24, 2.45) is 5.73 Å². The summed E-state index contributed by atoms with van der Waals surface area (Å²) in [6, 6.07) is 9.43. The Hall–Kier alpha value is -1.02. The van der Waals surface area contributed by atoms with Gasteiger partial charge in [-0.15, -0.1) is 0 Å². The highest BCUT2D eigenvalue weighted by Crippen LogP contribution is 2.28. The van der Waals surface area contributed by atoms with E-state index in [-0.39, 0.29) is 0 Å². The normalized spacial score (nSPS) is 16.6. The predicted molar refractivity (Wildman–Crippen MR) is 88.3 cm³/mol. The average molecular weight is 274 g/mol. The molecule has 20 heavy (non-hydrogen) atoms. The molecule has 1 aromatic rings. The van der Waals surface area contributed by atoms with Crippen molar-refractivity contribution in [3.05, 3.63) is 29.8 Å². The quantitative estimate of drug-likeness (QED) is 0.758. The Labute approximate surface area is 124 Å². The maximum Gasteiger partial charge on any atom is 0.0412 e. The Bertz CT molecular complexity index is 389. The molecule has 1 unspecified atom stereocenters. The third-order valence-electron chi connectivity index (χ3n) is 4.50. The van der Waals surface area contributed by atoms with Gasteiger partial charge in [-0.1, -0.05) is 50.8 Å². The third-order valence-corrected chi connectivity index (χ3v) is 4.50. The molecule has 1 heterocycles. The summed E-state index contributed by atoms with van der Waals surface area (Å²) >= 11 is 0.